The zero-order valence-corrected chi connectivity index (χ0v) is 11.5. The van der Waals surface area contributed by atoms with Gasteiger partial charge in [-0.15, -0.1) is 0 Å². The van der Waals surface area contributed by atoms with Crippen LogP contribution in [-0.2, 0) is 11.2 Å². The van der Waals surface area contributed by atoms with Crippen LogP contribution in [0.15, 0.2) is 28.6 Å². The SMILES string of the molecule is Cc1ccc(-c2sc([S+](C)[O-])nc2C(=O)O)cc1. The summed E-state index contributed by atoms with van der Waals surface area (Å²) in [5.74, 6) is -1.10. The van der Waals surface area contributed by atoms with Crippen molar-refractivity contribution < 1.29 is 14.5 Å². The van der Waals surface area contributed by atoms with Crippen LogP contribution < -0.4 is 0 Å². The van der Waals surface area contributed by atoms with Gasteiger partial charge in [-0.1, -0.05) is 41.2 Å². The fourth-order valence-corrected chi connectivity index (χ4v) is 3.20. The third-order valence-electron chi connectivity index (χ3n) is 2.37. The van der Waals surface area contributed by atoms with Crippen LogP contribution in [0.3, 0.4) is 0 Å². The molecule has 1 aromatic heterocycles. The average molecular weight is 281 g/mol. The second kappa shape index (κ2) is 5.09. The summed E-state index contributed by atoms with van der Waals surface area (Å²) in [5, 5.41) is 9.12. The van der Waals surface area contributed by atoms with Crippen molar-refractivity contribution in [2.45, 2.75) is 11.3 Å². The third-order valence-corrected chi connectivity index (χ3v) is 4.81. The molecule has 18 heavy (non-hydrogen) atoms. The van der Waals surface area contributed by atoms with Gasteiger partial charge in [-0.2, -0.15) is 4.98 Å². The number of thiazole rings is 1. The Morgan fingerprint density at radius 1 is 1.39 bits per heavy atom. The van der Waals surface area contributed by atoms with Gasteiger partial charge >= 0.3 is 10.3 Å². The highest BCUT2D eigenvalue weighted by Gasteiger charge is 2.23. The van der Waals surface area contributed by atoms with Gasteiger partial charge in [0.2, 0.25) is 0 Å². The van der Waals surface area contributed by atoms with E-state index in [1.165, 1.54) is 6.26 Å². The lowest BCUT2D eigenvalue weighted by Crippen LogP contribution is -2.01. The van der Waals surface area contributed by atoms with Crippen molar-refractivity contribution in [2.75, 3.05) is 6.26 Å². The maximum atomic E-state index is 11.4. The van der Waals surface area contributed by atoms with Crippen LogP contribution in [0.5, 0.6) is 0 Å². The highest BCUT2D eigenvalue weighted by atomic mass is 32.2. The fourth-order valence-electron chi connectivity index (χ4n) is 1.47. The second-order valence-electron chi connectivity index (χ2n) is 3.78. The third kappa shape index (κ3) is 2.55. The number of aromatic carboxylic acids is 1. The maximum absolute atomic E-state index is 11.4. The molecule has 6 heteroatoms. The first kappa shape index (κ1) is 13.1. The van der Waals surface area contributed by atoms with E-state index in [1.807, 2.05) is 31.2 Å². The van der Waals surface area contributed by atoms with Gasteiger partial charge in [0.05, 0.1) is 4.88 Å². The van der Waals surface area contributed by atoms with E-state index in [9.17, 15) is 9.35 Å². The molecule has 1 atom stereocenters. The van der Waals surface area contributed by atoms with Gasteiger partial charge in [0.15, 0.2) is 5.69 Å². The molecule has 0 radical (unpaired) electrons. The molecule has 94 valence electrons. The number of rotatable bonds is 3. The van der Waals surface area contributed by atoms with Crippen LogP contribution in [0.25, 0.3) is 10.4 Å². The van der Waals surface area contributed by atoms with Crippen molar-refractivity contribution in [3.63, 3.8) is 0 Å². The molecule has 1 N–H and O–H groups in total. The maximum Gasteiger partial charge on any atom is 0.356 e. The molecule has 0 amide bonds. The van der Waals surface area contributed by atoms with Crippen molar-refractivity contribution in [3.8, 4) is 10.4 Å². The minimum atomic E-state index is -1.27. The second-order valence-corrected chi connectivity index (χ2v) is 6.34. The number of carboxylic acid groups (broad SMARTS) is 1. The van der Waals surface area contributed by atoms with Gasteiger partial charge in [-0.3, -0.25) is 0 Å². The van der Waals surface area contributed by atoms with Gasteiger partial charge in [-0.25, -0.2) is 4.79 Å². The predicted molar refractivity (Wildman–Crippen MR) is 71.6 cm³/mol. The Balaban J connectivity index is 2.55. The highest BCUT2D eigenvalue weighted by Crippen LogP contribution is 2.32. The Morgan fingerprint density at radius 2 is 2.00 bits per heavy atom. The molecule has 0 aliphatic heterocycles. The molecule has 2 rings (SSSR count). The monoisotopic (exact) mass is 281 g/mol. The lowest BCUT2D eigenvalue weighted by molar-refractivity contribution is 0.0691. The van der Waals surface area contributed by atoms with E-state index in [1.54, 1.807) is 0 Å². The molecule has 1 heterocycles. The van der Waals surface area contributed by atoms with Crippen LogP contribution in [0.2, 0.25) is 0 Å². The van der Waals surface area contributed by atoms with Crippen LogP contribution in [0, 0.1) is 6.92 Å². The zero-order chi connectivity index (χ0) is 13.3. The molecule has 0 saturated carbocycles. The minimum absolute atomic E-state index is 0.0333. The summed E-state index contributed by atoms with van der Waals surface area (Å²) in [6.07, 6.45) is 1.49. The Bertz CT molecular complexity index is 576. The quantitative estimate of drug-likeness (QED) is 0.877. The molecular weight excluding hydrogens is 270 g/mol. The van der Waals surface area contributed by atoms with E-state index in [-0.39, 0.29) is 5.69 Å². The number of carboxylic acids is 1. The summed E-state index contributed by atoms with van der Waals surface area (Å²) >= 11 is -0.106. The van der Waals surface area contributed by atoms with Gasteiger partial charge in [0.1, 0.15) is 6.26 Å². The molecule has 0 spiro atoms. The Kier molecular flexibility index (Phi) is 3.70. The van der Waals surface area contributed by atoms with Crippen molar-refractivity contribution in [1.82, 2.24) is 4.98 Å². The lowest BCUT2D eigenvalue weighted by Gasteiger charge is -1.99. The molecule has 0 aliphatic carbocycles. The highest BCUT2D eigenvalue weighted by molar-refractivity contribution is 7.92. The van der Waals surface area contributed by atoms with E-state index >= 15 is 0 Å². The number of hydrogen-bond acceptors (Lipinski definition) is 4. The van der Waals surface area contributed by atoms with Crippen molar-refractivity contribution >= 4 is 28.5 Å². The molecule has 0 fully saturated rings. The summed E-state index contributed by atoms with van der Waals surface area (Å²) in [6, 6.07) is 7.50. The van der Waals surface area contributed by atoms with E-state index < -0.39 is 17.1 Å². The van der Waals surface area contributed by atoms with Gasteiger partial charge in [0, 0.05) is 11.2 Å². The van der Waals surface area contributed by atoms with Crippen LogP contribution >= 0.6 is 11.3 Å². The molecular formula is C12H11NO3S2. The van der Waals surface area contributed by atoms with Crippen LogP contribution in [0.4, 0.5) is 0 Å². The first-order chi connectivity index (χ1) is 8.49. The molecule has 0 aliphatic rings. The zero-order valence-electron chi connectivity index (χ0n) is 9.84. The Morgan fingerprint density at radius 3 is 2.50 bits per heavy atom. The molecule has 4 nitrogen and oxygen atoms in total. The standard InChI is InChI=1S/C12H11NO3S2/c1-7-3-5-8(6-4-7)10-9(11(14)15)13-12(17-10)18(2)16/h3-6H,1-2H3,(H,14,15). The van der Waals surface area contributed by atoms with Crippen LogP contribution in [-0.4, -0.2) is 26.9 Å². The predicted octanol–water partition coefficient (Wildman–Crippen LogP) is 2.55. The van der Waals surface area contributed by atoms with Crippen molar-refractivity contribution in [3.05, 3.63) is 35.5 Å². The van der Waals surface area contributed by atoms with E-state index in [2.05, 4.69) is 4.98 Å². The number of carbonyl (C=O) groups is 1. The molecule has 2 aromatic rings. The van der Waals surface area contributed by atoms with E-state index in [0.717, 1.165) is 22.5 Å². The number of aromatic nitrogens is 1. The molecule has 1 aromatic carbocycles. The normalized spacial score (nSPS) is 12.4. The van der Waals surface area contributed by atoms with Gasteiger partial charge in [0.25, 0.3) is 0 Å². The summed E-state index contributed by atoms with van der Waals surface area (Å²) in [6.45, 7) is 1.96. The summed E-state index contributed by atoms with van der Waals surface area (Å²) < 4.78 is 11.7. The van der Waals surface area contributed by atoms with Crippen molar-refractivity contribution in [2.24, 2.45) is 0 Å². The summed E-state index contributed by atoms with van der Waals surface area (Å²) in [7, 11) is 0. The average Bonchev–Trinajstić information content (AvgIpc) is 2.75. The molecule has 0 bridgehead atoms. The van der Waals surface area contributed by atoms with Gasteiger partial charge in [-0.05, 0) is 12.5 Å². The smallest absolute Gasteiger partial charge is 0.356 e. The molecule has 1 unspecified atom stereocenters. The largest absolute Gasteiger partial charge is 0.610 e. The van der Waals surface area contributed by atoms with E-state index in [4.69, 9.17) is 5.11 Å². The fraction of sp³-hybridized carbons (Fsp3) is 0.167. The first-order valence-electron chi connectivity index (χ1n) is 5.13. The van der Waals surface area contributed by atoms with Gasteiger partial charge < -0.3 is 9.66 Å². The first-order valence-corrected chi connectivity index (χ1v) is 7.51. The number of benzene rings is 1. The summed E-state index contributed by atoms with van der Waals surface area (Å²) in [4.78, 5) is 15.6. The Labute approximate surface area is 111 Å². The number of nitrogens with zero attached hydrogens (tertiary/aromatic N) is 1. The number of hydrogen-bond donors (Lipinski definition) is 1. The van der Waals surface area contributed by atoms with Crippen LogP contribution in [0.1, 0.15) is 16.1 Å². The van der Waals surface area contributed by atoms with E-state index in [0.29, 0.717) is 9.22 Å². The van der Waals surface area contributed by atoms with Crippen molar-refractivity contribution in [1.29, 1.82) is 0 Å². The lowest BCUT2D eigenvalue weighted by atomic mass is 10.1. The summed E-state index contributed by atoms with van der Waals surface area (Å²) in [5.41, 5.74) is 1.85. The Hall–Kier alpha value is -1.37. The molecule has 0 saturated heterocycles. The number of aryl methyl sites for hydroxylation is 1. The minimum Gasteiger partial charge on any atom is -0.610 e. The topological polar surface area (TPSA) is 73.2 Å².